The van der Waals surface area contributed by atoms with Gasteiger partial charge in [-0.25, -0.2) is 0 Å². The summed E-state index contributed by atoms with van der Waals surface area (Å²) >= 11 is 5.91. The Labute approximate surface area is 145 Å². The number of methoxy groups -OCH3 is 1. The first-order valence-electron chi connectivity index (χ1n) is 7.62. The highest BCUT2D eigenvalue weighted by molar-refractivity contribution is 6.30. The molecule has 0 saturated heterocycles. The van der Waals surface area contributed by atoms with Crippen LogP contribution in [0, 0.1) is 0 Å². The van der Waals surface area contributed by atoms with Crippen molar-refractivity contribution in [3.05, 3.63) is 65.0 Å². The fourth-order valence-electron chi connectivity index (χ4n) is 2.38. The summed E-state index contributed by atoms with van der Waals surface area (Å²) in [6.07, 6.45) is 0. The van der Waals surface area contributed by atoms with Crippen LogP contribution >= 0.6 is 11.6 Å². The maximum atomic E-state index is 5.91. The normalized spacial score (nSPS) is 12.1. The highest BCUT2D eigenvalue weighted by Crippen LogP contribution is 2.27. The largest absolute Gasteiger partial charge is 0.496 e. The van der Waals surface area contributed by atoms with Crippen LogP contribution in [-0.4, -0.2) is 17.3 Å². The lowest BCUT2D eigenvalue weighted by atomic mass is 10.1. The van der Waals surface area contributed by atoms with Gasteiger partial charge in [-0.05, 0) is 36.8 Å². The molecule has 5 nitrogen and oxygen atoms in total. The third kappa shape index (κ3) is 3.75. The van der Waals surface area contributed by atoms with Crippen molar-refractivity contribution < 1.29 is 9.26 Å². The Balaban J connectivity index is 1.67. The van der Waals surface area contributed by atoms with Gasteiger partial charge in [-0.2, -0.15) is 4.98 Å². The second-order valence-electron chi connectivity index (χ2n) is 5.37. The number of aromatic nitrogens is 2. The second-order valence-corrected chi connectivity index (χ2v) is 5.80. The van der Waals surface area contributed by atoms with Crippen LogP contribution in [0.4, 0.5) is 0 Å². The molecule has 3 rings (SSSR count). The van der Waals surface area contributed by atoms with Gasteiger partial charge in [0.1, 0.15) is 5.75 Å². The molecular formula is C18H18ClN3O2. The quantitative estimate of drug-likeness (QED) is 0.725. The number of ether oxygens (including phenoxy) is 1. The first kappa shape index (κ1) is 16.5. The molecule has 0 spiro atoms. The van der Waals surface area contributed by atoms with E-state index >= 15 is 0 Å². The average molecular weight is 344 g/mol. The van der Waals surface area contributed by atoms with Gasteiger partial charge >= 0.3 is 0 Å². The van der Waals surface area contributed by atoms with Gasteiger partial charge < -0.3 is 14.6 Å². The summed E-state index contributed by atoms with van der Waals surface area (Å²) in [7, 11) is 1.62. The number of nitrogens with one attached hydrogen (secondary N) is 1. The van der Waals surface area contributed by atoms with Gasteiger partial charge in [0.2, 0.25) is 11.7 Å². The molecule has 24 heavy (non-hydrogen) atoms. The van der Waals surface area contributed by atoms with Crippen molar-refractivity contribution in [2.24, 2.45) is 0 Å². The molecule has 0 fully saturated rings. The molecule has 1 aromatic heterocycles. The molecular weight excluding hydrogens is 326 g/mol. The van der Waals surface area contributed by atoms with Gasteiger partial charge in [0.25, 0.3) is 0 Å². The van der Waals surface area contributed by atoms with Crippen molar-refractivity contribution in [2.45, 2.75) is 19.5 Å². The van der Waals surface area contributed by atoms with Crippen molar-refractivity contribution in [3.8, 4) is 17.1 Å². The van der Waals surface area contributed by atoms with E-state index in [1.807, 2.05) is 48.5 Å². The molecule has 1 N–H and O–H groups in total. The van der Waals surface area contributed by atoms with E-state index in [0.717, 1.165) is 16.1 Å². The average Bonchev–Trinajstić information content (AvgIpc) is 3.09. The molecule has 3 aromatic rings. The smallest absolute Gasteiger partial charge is 0.240 e. The summed E-state index contributed by atoms with van der Waals surface area (Å²) in [6, 6.07) is 15.5. The number of benzene rings is 2. The lowest BCUT2D eigenvalue weighted by Gasteiger charge is -2.12. The Morgan fingerprint density at radius 1 is 1.17 bits per heavy atom. The molecule has 0 aliphatic rings. The van der Waals surface area contributed by atoms with Crippen LogP contribution in [0.2, 0.25) is 5.02 Å². The molecule has 1 atom stereocenters. The summed E-state index contributed by atoms with van der Waals surface area (Å²) in [4.78, 5) is 4.43. The topological polar surface area (TPSA) is 60.2 Å². The summed E-state index contributed by atoms with van der Waals surface area (Å²) in [5, 5.41) is 8.12. The lowest BCUT2D eigenvalue weighted by molar-refractivity contribution is 0.360. The predicted octanol–water partition coefficient (Wildman–Crippen LogP) is 4.25. The Bertz CT molecular complexity index is 802. The fraction of sp³-hybridized carbons (Fsp3) is 0.222. The minimum Gasteiger partial charge on any atom is -0.496 e. The van der Waals surface area contributed by atoms with Gasteiger partial charge in [0.05, 0.1) is 19.2 Å². The standard InChI is InChI=1S/C18H18ClN3O2/c1-12(13-7-9-14(19)10-8-13)20-11-17-21-18(22-24-17)15-5-3-4-6-16(15)23-2/h3-10,12,20H,11H2,1-2H3/t12-/m1/s1. The van der Waals surface area contributed by atoms with Crippen LogP contribution in [0.25, 0.3) is 11.4 Å². The summed E-state index contributed by atoms with van der Waals surface area (Å²) in [6.45, 7) is 2.55. The molecule has 6 heteroatoms. The third-order valence-electron chi connectivity index (χ3n) is 3.75. The molecule has 0 saturated carbocycles. The number of hydrogen-bond acceptors (Lipinski definition) is 5. The van der Waals surface area contributed by atoms with E-state index in [2.05, 4.69) is 22.4 Å². The number of nitrogens with zero attached hydrogens (tertiary/aromatic N) is 2. The lowest BCUT2D eigenvalue weighted by Crippen LogP contribution is -2.18. The van der Waals surface area contributed by atoms with E-state index < -0.39 is 0 Å². The number of hydrogen-bond donors (Lipinski definition) is 1. The van der Waals surface area contributed by atoms with Crippen LogP contribution in [0.1, 0.15) is 24.4 Å². The first-order chi connectivity index (χ1) is 11.7. The van der Waals surface area contributed by atoms with Gasteiger partial charge in [-0.1, -0.05) is 41.0 Å². The van der Waals surface area contributed by atoms with E-state index in [-0.39, 0.29) is 6.04 Å². The van der Waals surface area contributed by atoms with Crippen LogP contribution < -0.4 is 10.1 Å². The van der Waals surface area contributed by atoms with E-state index in [1.54, 1.807) is 7.11 Å². The van der Waals surface area contributed by atoms with Gasteiger partial charge in [0.15, 0.2) is 0 Å². The summed E-state index contributed by atoms with van der Waals surface area (Å²) in [5.41, 5.74) is 1.95. The molecule has 124 valence electrons. The second kappa shape index (κ2) is 7.47. The molecule has 0 aliphatic carbocycles. The third-order valence-corrected chi connectivity index (χ3v) is 4.00. The SMILES string of the molecule is COc1ccccc1-c1noc(CN[C@H](C)c2ccc(Cl)cc2)n1. The Kier molecular flexibility index (Phi) is 5.13. The highest BCUT2D eigenvalue weighted by atomic mass is 35.5. The molecule has 0 bridgehead atoms. The first-order valence-corrected chi connectivity index (χ1v) is 8.00. The Morgan fingerprint density at radius 2 is 1.92 bits per heavy atom. The zero-order chi connectivity index (χ0) is 16.9. The predicted molar refractivity (Wildman–Crippen MR) is 93.0 cm³/mol. The highest BCUT2D eigenvalue weighted by Gasteiger charge is 2.13. The van der Waals surface area contributed by atoms with E-state index in [9.17, 15) is 0 Å². The van der Waals surface area contributed by atoms with Crippen molar-refractivity contribution in [1.82, 2.24) is 15.5 Å². The fourth-order valence-corrected chi connectivity index (χ4v) is 2.50. The molecule has 0 aliphatic heterocycles. The van der Waals surface area contributed by atoms with Crippen molar-refractivity contribution in [2.75, 3.05) is 7.11 Å². The van der Waals surface area contributed by atoms with E-state index in [4.69, 9.17) is 20.9 Å². The van der Waals surface area contributed by atoms with Gasteiger partial charge in [-0.3, -0.25) is 0 Å². The van der Waals surface area contributed by atoms with Crippen molar-refractivity contribution in [3.63, 3.8) is 0 Å². The molecule has 0 amide bonds. The van der Waals surface area contributed by atoms with Crippen LogP contribution in [0.3, 0.4) is 0 Å². The minimum atomic E-state index is 0.142. The Hall–Kier alpha value is -2.37. The van der Waals surface area contributed by atoms with E-state index in [1.165, 1.54) is 0 Å². The van der Waals surface area contributed by atoms with Crippen molar-refractivity contribution in [1.29, 1.82) is 0 Å². The summed E-state index contributed by atoms with van der Waals surface area (Å²) in [5.74, 6) is 1.76. The summed E-state index contributed by atoms with van der Waals surface area (Å²) < 4.78 is 10.7. The number of rotatable bonds is 6. The van der Waals surface area contributed by atoms with Crippen molar-refractivity contribution >= 4 is 11.6 Å². The maximum Gasteiger partial charge on any atom is 0.240 e. The minimum absolute atomic E-state index is 0.142. The Morgan fingerprint density at radius 3 is 2.67 bits per heavy atom. The monoisotopic (exact) mass is 343 g/mol. The van der Waals surface area contributed by atoms with Crippen LogP contribution in [0.15, 0.2) is 53.1 Å². The van der Waals surface area contributed by atoms with Gasteiger partial charge in [-0.15, -0.1) is 0 Å². The van der Waals surface area contributed by atoms with Crippen LogP contribution in [-0.2, 0) is 6.54 Å². The van der Waals surface area contributed by atoms with Crippen LogP contribution in [0.5, 0.6) is 5.75 Å². The molecule has 0 unspecified atom stereocenters. The number of para-hydroxylation sites is 1. The molecule has 0 radical (unpaired) electrons. The van der Waals surface area contributed by atoms with Gasteiger partial charge in [0, 0.05) is 11.1 Å². The molecule has 2 aromatic carbocycles. The zero-order valence-electron chi connectivity index (χ0n) is 13.5. The zero-order valence-corrected chi connectivity index (χ0v) is 14.2. The number of halogens is 1. The molecule has 1 heterocycles. The van der Waals surface area contributed by atoms with E-state index in [0.29, 0.717) is 24.0 Å². The maximum absolute atomic E-state index is 5.91.